The zero-order valence-electron chi connectivity index (χ0n) is 14.9. The van der Waals surface area contributed by atoms with Crippen LogP contribution in [0.4, 0.5) is 0 Å². The topological polar surface area (TPSA) is 89.2 Å². The molecular weight excluding hydrogens is 338 g/mol. The number of nitrogens with zero attached hydrogens (tertiary/aromatic N) is 1. The molecule has 1 unspecified atom stereocenters. The summed E-state index contributed by atoms with van der Waals surface area (Å²) in [6.07, 6.45) is 1.88. The molecule has 138 valence electrons. The molecule has 2 heterocycles. The number of hydrogen-bond donors (Lipinski definition) is 1. The van der Waals surface area contributed by atoms with Crippen LogP contribution in [0.25, 0.3) is 0 Å². The molecule has 0 spiro atoms. The predicted octanol–water partition coefficient (Wildman–Crippen LogP) is 2.82. The molecule has 26 heavy (non-hydrogen) atoms. The number of benzene rings is 1. The lowest BCUT2D eigenvalue weighted by Crippen LogP contribution is -2.41. The van der Waals surface area contributed by atoms with Gasteiger partial charge < -0.3 is 23.9 Å². The molecule has 7 nitrogen and oxygen atoms in total. The Morgan fingerprint density at radius 1 is 1.27 bits per heavy atom. The van der Waals surface area contributed by atoms with Crippen molar-refractivity contribution < 1.29 is 28.6 Å². The van der Waals surface area contributed by atoms with Crippen LogP contribution in [0.15, 0.2) is 28.9 Å². The molecule has 1 amide bonds. The molecule has 1 N–H and O–H groups in total. The van der Waals surface area contributed by atoms with E-state index in [9.17, 15) is 14.7 Å². The monoisotopic (exact) mass is 359 g/mol. The third kappa shape index (κ3) is 3.12. The van der Waals surface area contributed by atoms with Gasteiger partial charge in [0.2, 0.25) is 0 Å². The molecule has 1 aliphatic rings. The molecule has 0 saturated heterocycles. The number of aliphatic carboxylic acids is 1. The van der Waals surface area contributed by atoms with Gasteiger partial charge in [-0.05, 0) is 42.7 Å². The molecule has 0 fully saturated rings. The fourth-order valence-electron chi connectivity index (χ4n) is 3.42. The first-order chi connectivity index (χ1) is 12.5. The van der Waals surface area contributed by atoms with Crippen molar-refractivity contribution >= 4 is 11.9 Å². The van der Waals surface area contributed by atoms with Crippen molar-refractivity contribution in [2.75, 3.05) is 20.8 Å². The van der Waals surface area contributed by atoms with Gasteiger partial charge in [-0.25, -0.2) is 0 Å². The van der Waals surface area contributed by atoms with Gasteiger partial charge in [-0.15, -0.1) is 0 Å². The maximum atomic E-state index is 13.0. The standard InChI is InChI=1S/C19H21NO6/c1-11-13(5-7-26-11)19(23)20-6-4-12-8-16(24-2)17(25-3)9-14(12)15(20)10-18(21)22/h5,7-9,15H,4,6,10H2,1-3H3,(H,21,22). The number of carbonyl (C=O) groups is 2. The van der Waals surface area contributed by atoms with Gasteiger partial charge in [0.1, 0.15) is 5.76 Å². The van der Waals surface area contributed by atoms with Crippen LogP contribution in [0, 0.1) is 6.92 Å². The minimum absolute atomic E-state index is 0.189. The molecule has 1 aromatic carbocycles. The average Bonchev–Trinajstić information content (AvgIpc) is 3.05. The first-order valence-corrected chi connectivity index (χ1v) is 8.28. The van der Waals surface area contributed by atoms with Crippen molar-refractivity contribution in [3.8, 4) is 11.5 Å². The molecule has 2 aromatic rings. The Hall–Kier alpha value is -2.96. The van der Waals surface area contributed by atoms with Gasteiger partial charge in [-0.1, -0.05) is 0 Å². The molecule has 3 rings (SSSR count). The zero-order chi connectivity index (χ0) is 18.8. The van der Waals surface area contributed by atoms with E-state index in [-0.39, 0.29) is 12.3 Å². The highest BCUT2D eigenvalue weighted by Crippen LogP contribution is 2.40. The van der Waals surface area contributed by atoms with E-state index < -0.39 is 12.0 Å². The molecule has 0 aliphatic carbocycles. The number of carboxylic acid groups (broad SMARTS) is 1. The van der Waals surface area contributed by atoms with Crippen molar-refractivity contribution in [2.45, 2.75) is 25.8 Å². The number of hydrogen-bond acceptors (Lipinski definition) is 5. The zero-order valence-corrected chi connectivity index (χ0v) is 14.9. The van der Waals surface area contributed by atoms with Crippen molar-refractivity contribution in [1.82, 2.24) is 4.90 Å². The fraction of sp³-hybridized carbons (Fsp3) is 0.368. The lowest BCUT2D eigenvalue weighted by atomic mass is 9.89. The highest BCUT2D eigenvalue weighted by molar-refractivity contribution is 5.95. The van der Waals surface area contributed by atoms with Crippen molar-refractivity contribution in [2.24, 2.45) is 0 Å². The van der Waals surface area contributed by atoms with Crippen LogP contribution >= 0.6 is 0 Å². The highest BCUT2D eigenvalue weighted by atomic mass is 16.5. The van der Waals surface area contributed by atoms with Crippen LogP contribution in [-0.2, 0) is 11.2 Å². The Morgan fingerprint density at radius 2 is 1.96 bits per heavy atom. The van der Waals surface area contributed by atoms with Crippen molar-refractivity contribution in [3.63, 3.8) is 0 Å². The Balaban J connectivity index is 2.05. The van der Waals surface area contributed by atoms with E-state index in [2.05, 4.69) is 0 Å². The highest BCUT2D eigenvalue weighted by Gasteiger charge is 2.35. The number of ether oxygens (including phenoxy) is 2. The molecule has 7 heteroatoms. The van der Waals surface area contributed by atoms with E-state index in [1.54, 1.807) is 31.1 Å². The molecule has 0 bridgehead atoms. The third-order valence-corrected chi connectivity index (χ3v) is 4.72. The number of carbonyl (C=O) groups excluding carboxylic acids is 1. The normalized spacial score (nSPS) is 16.1. The van der Waals surface area contributed by atoms with Crippen LogP contribution in [0.3, 0.4) is 0 Å². The minimum Gasteiger partial charge on any atom is -0.493 e. The van der Waals surface area contributed by atoms with Crippen LogP contribution in [-0.4, -0.2) is 42.6 Å². The fourth-order valence-corrected chi connectivity index (χ4v) is 3.42. The van der Waals surface area contributed by atoms with E-state index in [1.165, 1.54) is 13.4 Å². The molecule has 1 aliphatic heterocycles. The Kier molecular flexibility index (Phi) is 4.88. The first kappa shape index (κ1) is 17.8. The van der Waals surface area contributed by atoms with Gasteiger partial charge in [-0.2, -0.15) is 0 Å². The van der Waals surface area contributed by atoms with Gasteiger partial charge in [0.15, 0.2) is 11.5 Å². The van der Waals surface area contributed by atoms with Crippen molar-refractivity contribution in [3.05, 3.63) is 46.9 Å². The second-order valence-corrected chi connectivity index (χ2v) is 6.16. The predicted molar refractivity (Wildman–Crippen MR) is 92.7 cm³/mol. The second kappa shape index (κ2) is 7.11. The molecule has 1 aromatic heterocycles. The second-order valence-electron chi connectivity index (χ2n) is 6.16. The number of furan rings is 1. The number of rotatable bonds is 5. The summed E-state index contributed by atoms with van der Waals surface area (Å²) in [7, 11) is 3.08. The number of fused-ring (bicyclic) bond motifs is 1. The summed E-state index contributed by atoms with van der Waals surface area (Å²) >= 11 is 0. The SMILES string of the molecule is COc1cc2c(cc1OC)C(CC(=O)O)N(C(=O)c1ccoc1C)CC2. The van der Waals surface area contributed by atoms with E-state index in [0.29, 0.717) is 35.8 Å². The van der Waals surface area contributed by atoms with Gasteiger partial charge >= 0.3 is 5.97 Å². The molecule has 0 radical (unpaired) electrons. The van der Waals surface area contributed by atoms with Gasteiger partial charge in [0, 0.05) is 6.54 Å². The average molecular weight is 359 g/mol. The van der Waals surface area contributed by atoms with E-state index in [1.807, 2.05) is 6.07 Å². The smallest absolute Gasteiger partial charge is 0.305 e. The van der Waals surface area contributed by atoms with E-state index >= 15 is 0 Å². The third-order valence-electron chi connectivity index (χ3n) is 4.72. The largest absolute Gasteiger partial charge is 0.493 e. The Bertz CT molecular complexity index is 841. The maximum Gasteiger partial charge on any atom is 0.305 e. The van der Waals surface area contributed by atoms with Gasteiger partial charge in [0.25, 0.3) is 5.91 Å². The summed E-state index contributed by atoms with van der Waals surface area (Å²) < 4.78 is 15.9. The van der Waals surface area contributed by atoms with Crippen molar-refractivity contribution in [1.29, 1.82) is 0 Å². The number of aryl methyl sites for hydroxylation is 1. The first-order valence-electron chi connectivity index (χ1n) is 8.28. The summed E-state index contributed by atoms with van der Waals surface area (Å²) in [5.74, 6) is 0.408. The minimum atomic E-state index is -0.973. The Labute approximate surface area is 151 Å². The summed E-state index contributed by atoms with van der Waals surface area (Å²) in [6, 6.07) is 4.65. The van der Waals surface area contributed by atoms with Crippen LogP contribution in [0.1, 0.15) is 39.7 Å². The van der Waals surface area contributed by atoms with Gasteiger partial charge in [-0.3, -0.25) is 9.59 Å². The summed E-state index contributed by atoms with van der Waals surface area (Å²) in [6.45, 7) is 2.13. The summed E-state index contributed by atoms with van der Waals surface area (Å²) in [5, 5.41) is 9.39. The van der Waals surface area contributed by atoms with Crippen LogP contribution < -0.4 is 9.47 Å². The van der Waals surface area contributed by atoms with Crippen LogP contribution in [0.2, 0.25) is 0 Å². The summed E-state index contributed by atoms with van der Waals surface area (Å²) in [5.41, 5.74) is 2.18. The molecule has 0 saturated carbocycles. The number of carboxylic acids is 1. The lowest BCUT2D eigenvalue weighted by Gasteiger charge is -2.37. The molecule has 1 atom stereocenters. The maximum absolute atomic E-state index is 13.0. The summed E-state index contributed by atoms with van der Waals surface area (Å²) in [4.78, 5) is 26.0. The Morgan fingerprint density at radius 3 is 2.54 bits per heavy atom. The lowest BCUT2D eigenvalue weighted by molar-refractivity contribution is -0.138. The number of amides is 1. The van der Waals surface area contributed by atoms with E-state index in [0.717, 1.165) is 11.1 Å². The van der Waals surface area contributed by atoms with Crippen LogP contribution in [0.5, 0.6) is 11.5 Å². The van der Waals surface area contributed by atoms with E-state index in [4.69, 9.17) is 13.9 Å². The quantitative estimate of drug-likeness (QED) is 0.883. The van der Waals surface area contributed by atoms with Gasteiger partial charge in [0.05, 0.1) is 38.5 Å². The molecular formula is C19H21NO6. The number of methoxy groups -OCH3 is 2.